The summed E-state index contributed by atoms with van der Waals surface area (Å²) in [4.78, 5) is 16.9. The summed E-state index contributed by atoms with van der Waals surface area (Å²) < 4.78 is 0. The van der Waals surface area contributed by atoms with E-state index in [0.29, 0.717) is 11.5 Å². The summed E-state index contributed by atoms with van der Waals surface area (Å²) in [7, 11) is 8.22. The molecule has 43 heavy (non-hydrogen) atoms. The number of hydrogen-bond acceptors (Lipinski definition) is 4. The van der Waals surface area contributed by atoms with E-state index in [1.165, 1.54) is 61.6 Å². The molecule has 0 bridgehead atoms. The van der Waals surface area contributed by atoms with Crippen LogP contribution in [0.1, 0.15) is 99.3 Å². The fourth-order valence-electron chi connectivity index (χ4n) is 5.46. The van der Waals surface area contributed by atoms with Crippen LogP contribution in [0, 0.1) is 6.92 Å². The lowest BCUT2D eigenvalue weighted by Gasteiger charge is -2.25. The Morgan fingerprint density at radius 1 is 0.721 bits per heavy atom. The molecule has 232 valence electrons. The van der Waals surface area contributed by atoms with Crippen molar-refractivity contribution in [1.82, 2.24) is 5.32 Å². The quantitative estimate of drug-likeness (QED) is 0.0976. The highest BCUT2D eigenvalue weighted by Crippen LogP contribution is 2.38. The number of benzene rings is 3. The summed E-state index contributed by atoms with van der Waals surface area (Å²) >= 11 is 5.63. The first-order valence-electron chi connectivity index (χ1n) is 16.0. The average Bonchev–Trinajstić information content (AvgIpc) is 2.98. The highest BCUT2D eigenvalue weighted by molar-refractivity contribution is 7.80. The third kappa shape index (κ3) is 11.0. The lowest BCUT2D eigenvalue weighted by Crippen LogP contribution is -2.34. The molecule has 0 radical (unpaired) electrons. The van der Waals surface area contributed by atoms with E-state index in [2.05, 4.69) is 129 Å². The summed E-state index contributed by atoms with van der Waals surface area (Å²) in [6.07, 6.45) is 11.5. The molecule has 0 aliphatic rings. The van der Waals surface area contributed by atoms with E-state index in [4.69, 9.17) is 12.2 Å². The highest BCUT2D eigenvalue weighted by atomic mass is 32.1. The normalized spacial score (nSPS) is 11.0. The number of nitrogens with one attached hydrogen (secondary N) is 2. The first-order chi connectivity index (χ1) is 20.7. The molecule has 0 aromatic heterocycles. The van der Waals surface area contributed by atoms with Crippen LogP contribution in [0.3, 0.4) is 0 Å². The summed E-state index contributed by atoms with van der Waals surface area (Å²) in [6, 6.07) is 23.8. The molecule has 3 rings (SSSR count). The Morgan fingerprint density at radius 3 is 1.70 bits per heavy atom. The zero-order valence-electron chi connectivity index (χ0n) is 27.2. The molecule has 0 heterocycles. The first-order valence-corrected chi connectivity index (χ1v) is 16.4. The maximum absolute atomic E-state index is 12.7. The van der Waals surface area contributed by atoms with Crippen LogP contribution in [-0.2, 0) is 4.79 Å². The average molecular weight is 601 g/mol. The van der Waals surface area contributed by atoms with Crippen molar-refractivity contribution < 1.29 is 4.79 Å². The summed E-state index contributed by atoms with van der Waals surface area (Å²) in [5.74, 6) is -0.0421. The zero-order chi connectivity index (χ0) is 31.2. The van der Waals surface area contributed by atoms with E-state index in [1.54, 1.807) is 0 Å². The van der Waals surface area contributed by atoms with Crippen molar-refractivity contribution in [3.8, 4) is 0 Å². The summed E-state index contributed by atoms with van der Waals surface area (Å²) in [5, 5.41) is 6.63. The van der Waals surface area contributed by atoms with Crippen LogP contribution in [0.5, 0.6) is 0 Å². The van der Waals surface area contributed by atoms with E-state index in [-0.39, 0.29) is 11.8 Å². The third-order valence-electron chi connectivity index (χ3n) is 8.01. The fraction of sp³-hybridized carbons (Fsp3) is 0.459. The number of thiocarbonyl (C=S) groups is 1. The minimum atomic E-state index is -0.0239. The van der Waals surface area contributed by atoms with E-state index >= 15 is 0 Å². The SMILES string of the molecule is CCCCCCCCCCCC(=O)NC(=S)Nc1ccc(C)cc1C(c1ccc(N(C)C)cc1)c1ccc(N(C)C)cc1. The molecule has 5 nitrogen and oxygen atoms in total. The van der Waals surface area contributed by atoms with Gasteiger partial charge in [-0.1, -0.05) is 100 Å². The van der Waals surface area contributed by atoms with Gasteiger partial charge in [0, 0.05) is 57.6 Å². The number of nitrogens with zero attached hydrogens (tertiary/aromatic N) is 2. The Bertz CT molecular complexity index is 1230. The number of rotatable bonds is 16. The van der Waals surface area contributed by atoms with Gasteiger partial charge in [0.1, 0.15) is 0 Å². The molecule has 0 aliphatic carbocycles. The smallest absolute Gasteiger partial charge is 0.226 e. The second-order valence-corrected chi connectivity index (χ2v) is 12.5. The van der Waals surface area contributed by atoms with Crippen LogP contribution >= 0.6 is 12.2 Å². The molecule has 0 spiro atoms. The van der Waals surface area contributed by atoms with Gasteiger partial charge in [-0.25, -0.2) is 0 Å². The van der Waals surface area contributed by atoms with Gasteiger partial charge < -0.3 is 20.4 Å². The van der Waals surface area contributed by atoms with Crippen molar-refractivity contribution in [2.24, 2.45) is 0 Å². The third-order valence-corrected chi connectivity index (χ3v) is 8.22. The van der Waals surface area contributed by atoms with Crippen molar-refractivity contribution in [1.29, 1.82) is 0 Å². The van der Waals surface area contributed by atoms with Crippen LogP contribution in [0.25, 0.3) is 0 Å². The Balaban J connectivity index is 1.73. The number of hydrogen-bond donors (Lipinski definition) is 2. The maximum Gasteiger partial charge on any atom is 0.226 e. The van der Waals surface area contributed by atoms with E-state index in [9.17, 15) is 4.79 Å². The number of carbonyl (C=O) groups excluding carboxylic acids is 1. The van der Waals surface area contributed by atoms with Gasteiger partial charge in [0.15, 0.2) is 5.11 Å². The predicted octanol–water partition coefficient (Wildman–Crippen LogP) is 9.04. The molecule has 0 atom stereocenters. The van der Waals surface area contributed by atoms with E-state index in [0.717, 1.165) is 35.5 Å². The molecule has 0 saturated carbocycles. The fourth-order valence-corrected chi connectivity index (χ4v) is 5.68. The molecule has 0 fully saturated rings. The molecule has 3 aromatic carbocycles. The van der Waals surface area contributed by atoms with Crippen LogP contribution in [-0.4, -0.2) is 39.2 Å². The lowest BCUT2D eigenvalue weighted by molar-refractivity contribution is -0.119. The Hall–Kier alpha value is -3.38. The maximum atomic E-state index is 12.7. The molecule has 1 amide bonds. The number of unbranched alkanes of at least 4 members (excludes halogenated alkanes) is 8. The van der Waals surface area contributed by atoms with Gasteiger partial charge in [-0.3, -0.25) is 4.79 Å². The molecule has 6 heteroatoms. The molecule has 0 unspecified atom stereocenters. The van der Waals surface area contributed by atoms with Crippen LogP contribution in [0.4, 0.5) is 17.1 Å². The Morgan fingerprint density at radius 2 is 1.21 bits per heavy atom. The van der Waals surface area contributed by atoms with Crippen LogP contribution < -0.4 is 20.4 Å². The van der Waals surface area contributed by atoms with Gasteiger partial charge in [-0.2, -0.15) is 0 Å². The Labute approximate surface area is 266 Å². The Kier molecular flexibility index (Phi) is 14.0. The van der Waals surface area contributed by atoms with Crippen LogP contribution in [0.15, 0.2) is 66.7 Å². The largest absolute Gasteiger partial charge is 0.378 e. The molecule has 0 aliphatic heterocycles. The minimum absolute atomic E-state index is 0.0182. The van der Waals surface area contributed by atoms with Crippen molar-refractivity contribution in [3.63, 3.8) is 0 Å². The number of aryl methyl sites for hydroxylation is 1. The molecular formula is C37H52N4OS. The zero-order valence-corrected chi connectivity index (χ0v) is 28.0. The topological polar surface area (TPSA) is 47.6 Å². The second kappa shape index (κ2) is 17.7. The monoisotopic (exact) mass is 600 g/mol. The van der Waals surface area contributed by atoms with E-state index < -0.39 is 0 Å². The summed E-state index contributed by atoms with van der Waals surface area (Å²) in [5.41, 5.74) is 7.88. The lowest BCUT2D eigenvalue weighted by atomic mass is 9.83. The molecular weight excluding hydrogens is 549 g/mol. The standard InChI is InChI=1S/C37H52N4OS/c1-7-8-9-10-11-12-13-14-15-16-35(42)39-37(43)38-34-26-17-28(2)27-33(34)36(29-18-22-31(23-19-29)40(3)4)30-20-24-32(25-21-30)41(5)6/h17-27,36H,7-16H2,1-6H3,(H2,38,39,42,43). The molecule has 3 aromatic rings. The number of carbonyl (C=O) groups is 1. The van der Waals surface area contributed by atoms with Gasteiger partial charge in [0.25, 0.3) is 0 Å². The minimum Gasteiger partial charge on any atom is -0.378 e. The van der Waals surface area contributed by atoms with Gasteiger partial charge in [-0.05, 0) is 72.6 Å². The van der Waals surface area contributed by atoms with Crippen molar-refractivity contribution in [2.75, 3.05) is 43.3 Å². The van der Waals surface area contributed by atoms with Crippen LogP contribution in [0.2, 0.25) is 0 Å². The summed E-state index contributed by atoms with van der Waals surface area (Å²) in [6.45, 7) is 4.36. The van der Waals surface area contributed by atoms with Crippen molar-refractivity contribution in [3.05, 3.63) is 89.0 Å². The molecule has 2 N–H and O–H groups in total. The number of amides is 1. The van der Waals surface area contributed by atoms with Gasteiger partial charge in [-0.15, -0.1) is 0 Å². The van der Waals surface area contributed by atoms with Gasteiger partial charge in [0.05, 0.1) is 0 Å². The van der Waals surface area contributed by atoms with Gasteiger partial charge >= 0.3 is 0 Å². The molecule has 0 saturated heterocycles. The predicted molar refractivity (Wildman–Crippen MR) is 190 cm³/mol. The second-order valence-electron chi connectivity index (χ2n) is 12.1. The van der Waals surface area contributed by atoms with Gasteiger partial charge in [0.2, 0.25) is 5.91 Å². The highest BCUT2D eigenvalue weighted by Gasteiger charge is 2.21. The van der Waals surface area contributed by atoms with Crippen molar-refractivity contribution in [2.45, 2.75) is 84.0 Å². The first kappa shape index (κ1) is 34.1. The number of anilines is 3. The van der Waals surface area contributed by atoms with Crippen molar-refractivity contribution >= 4 is 40.3 Å². The van der Waals surface area contributed by atoms with E-state index in [1.807, 2.05) is 0 Å².